The molecule has 29 heavy (non-hydrogen) atoms. The van der Waals surface area contributed by atoms with Gasteiger partial charge in [0.2, 0.25) is 17.2 Å². The molecule has 0 bridgehead atoms. The van der Waals surface area contributed by atoms with Gasteiger partial charge in [0.05, 0.1) is 18.1 Å². The number of rotatable bonds is 4. The Kier molecular flexibility index (Phi) is 5.58. The Morgan fingerprint density at radius 2 is 1.93 bits per heavy atom. The summed E-state index contributed by atoms with van der Waals surface area (Å²) in [4.78, 5) is 26.2. The highest BCUT2D eigenvalue weighted by atomic mass is 35.5. The monoisotopic (exact) mass is 411 g/mol. The molecule has 5 nitrogen and oxygen atoms in total. The van der Waals surface area contributed by atoms with E-state index in [4.69, 9.17) is 20.8 Å². The number of hydrogen-bond acceptors (Lipinski definition) is 4. The minimum Gasteiger partial charge on any atom is -0.497 e. The lowest BCUT2D eigenvalue weighted by Crippen LogP contribution is -2.26. The van der Waals surface area contributed by atoms with E-state index >= 15 is 0 Å². The maximum atomic E-state index is 13.3. The molecule has 0 aliphatic heterocycles. The Morgan fingerprint density at radius 1 is 1.14 bits per heavy atom. The summed E-state index contributed by atoms with van der Waals surface area (Å²) >= 11 is 6.09. The maximum Gasteiger partial charge on any atom is 0.229 e. The Bertz CT molecular complexity index is 1120. The van der Waals surface area contributed by atoms with Crippen molar-refractivity contribution in [3.63, 3.8) is 0 Å². The van der Waals surface area contributed by atoms with Crippen LogP contribution in [-0.4, -0.2) is 13.0 Å². The molecule has 1 saturated carbocycles. The first-order chi connectivity index (χ1) is 14.1. The zero-order valence-electron chi connectivity index (χ0n) is 16.2. The van der Waals surface area contributed by atoms with Crippen LogP contribution in [0.25, 0.3) is 22.1 Å². The van der Waals surface area contributed by atoms with Crippen LogP contribution in [0, 0.1) is 5.92 Å². The third kappa shape index (κ3) is 4.01. The number of hydrogen-bond donors (Lipinski definition) is 1. The first kappa shape index (κ1) is 19.5. The van der Waals surface area contributed by atoms with E-state index in [2.05, 4.69) is 5.32 Å². The van der Waals surface area contributed by atoms with Crippen LogP contribution in [-0.2, 0) is 4.79 Å². The number of amides is 1. The highest BCUT2D eigenvalue weighted by Gasteiger charge is 2.25. The van der Waals surface area contributed by atoms with Gasteiger partial charge in [-0.05, 0) is 48.7 Å². The van der Waals surface area contributed by atoms with Crippen LogP contribution in [0.2, 0.25) is 5.02 Å². The molecule has 1 aromatic heterocycles. The van der Waals surface area contributed by atoms with Crippen LogP contribution < -0.4 is 15.5 Å². The molecular formula is C23H22ClNO4. The van der Waals surface area contributed by atoms with Crippen molar-refractivity contribution in [2.45, 2.75) is 32.1 Å². The van der Waals surface area contributed by atoms with Crippen LogP contribution in [0.1, 0.15) is 32.1 Å². The summed E-state index contributed by atoms with van der Waals surface area (Å²) in [5.41, 5.74) is 1.03. The van der Waals surface area contributed by atoms with E-state index in [-0.39, 0.29) is 23.1 Å². The lowest BCUT2D eigenvalue weighted by molar-refractivity contribution is -0.120. The van der Waals surface area contributed by atoms with Gasteiger partial charge in [-0.2, -0.15) is 0 Å². The highest BCUT2D eigenvalue weighted by molar-refractivity contribution is 6.31. The van der Waals surface area contributed by atoms with Crippen LogP contribution in [0.15, 0.2) is 51.7 Å². The van der Waals surface area contributed by atoms with Crippen molar-refractivity contribution in [1.82, 2.24) is 0 Å². The molecule has 0 spiro atoms. The third-order valence-corrected chi connectivity index (χ3v) is 5.66. The predicted octanol–water partition coefficient (Wildman–Crippen LogP) is 5.64. The summed E-state index contributed by atoms with van der Waals surface area (Å²) in [7, 11) is 1.56. The number of fused-ring (bicyclic) bond motifs is 1. The van der Waals surface area contributed by atoms with E-state index in [1.54, 1.807) is 49.6 Å². The van der Waals surface area contributed by atoms with Crippen LogP contribution in [0.5, 0.6) is 5.75 Å². The first-order valence-corrected chi connectivity index (χ1v) is 10.2. The van der Waals surface area contributed by atoms with Crippen molar-refractivity contribution in [2.75, 3.05) is 12.4 Å². The lowest BCUT2D eigenvalue weighted by atomic mass is 9.88. The SMILES string of the molecule is COc1cccc(-c2c(NC(=O)C3CCCCC3)oc3ccc(Cl)cc3c2=O)c1. The normalized spacial score (nSPS) is 14.7. The minimum atomic E-state index is -0.249. The molecule has 0 atom stereocenters. The van der Waals surface area contributed by atoms with Crippen LogP contribution in [0.3, 0.4) is 0 Å². The molecule has 1 amide bonds. The molecule has 1 fully saturated rings. The van der Waals surface area contributed by atoms with Gasteiger partial charge in [0.1, 0.15) is 11.3 Å². The topological polar surface area (TPSA) is 68.5 Å². The van der Waals surface area contributed by atoms with E-state index in [0.717, 1.165) is 32.1 Å². The number of anilines is 1. The van der Waals surface area contributed by atoms with Gasteiger partial charge >= 0.3 is 0 Å². The number of benzene rings is 2. The average molecular weight is 412 g/mol. The average Bonchev–Trinajstić information content (AvgIpc) is 2.75. The molecule has 3 aromatic rings. The summed E-state index contributed by atoms with van der Waals surface area (Å²) in [5, 5.41) is 3.70. The second-order valence-electron chi connectivity index (χ2n) is 7.33. The van der Waals surface area contributed by atoms with Gasteiger partial charge < -0.3 is 9.15 Å². The van der Waals surface area contributed by atoms with Crippen molar-refractivity contribution < 1.29 is 13.9 Å². The quantitative estimate of drug-likeness (QED) is 0.603. The van der Waals surface area contributed by atoms with Gasteiger partial charge in [-0.1, -0.05) is 43.0 Å². The Morgan fingerprint density at radius 3 is 2.69 bits per heavy atom. The lowest BCUT2D eigenvalue weighted by Gasteiger charge is -2.21. The smallest absolute Gasteiger partial charge is 0.229 e. The molecule has 6 heteroatoms. The van der Waals surface area contributed by atoms with Crippen molar-refractivity contribution in [1.29, 1.82) is 0 Å². The molecule has 0 saturated heterocycles. The first-order valence-electron chi connectivity index (χ1n) is 9.78. The van der Waals surface area contributed by atoms with Gasteiger partial charge in [-0.3, -0.25) is 14.9 Å². The van der Waals surface area contributed by atoms with Crippen molar-refractivity contribution in [2.24, 2.45) is 5.92 Å². The Hall–Kier alpha value is -2.79. The molecule has 1 N–H and O–H groups in total. The fourth-order valence-corrected chi connectivity index (χ4v) is 4.05. The standard InChI is InChI=1S/C23H22ClNO4/c1-28-17-9-5-8-15(12-17)20-21(26)18-13-16(24)10-11-19(18)29-23(20)25-22(27)14-6-3-2-4-7-14/h5,8-14H,2-4,6-7H2,1H3,(H,25,27). The number of ether oxygens (including phenoxy) is 1. The molecule has 2 aromatic carbocycles. The molecule has 0 radical (unpaired) electrons. The predicted molar refractivity (Wildman–Crippen MR) is 115 cm³/mol. The number of carbonyl (C=O) groups is 1. The van der Waals surface area contributed by atoms with Crippen LogP contribution >= 0.6 is 11.6 Å². The molecule has 4 rings (SSSR count). The van der Waals surface area contributed by atoms with Gasteiger partial charge in [-0.15, -0.1) is 0 Å². The van der Waals surface area contributed by atoms with E-state index in [1.807, 2.05) is 0 Å². The zero-order chi connectivity index (χ0) is 20.4. The zero-order valence-corrected chi connectivity index (χ0v) is 16.9. The minimum absolute atomic E-state index is 0.0619. The molecule has 1 aliphatic carbocycles. The number of carbonyl (C=O) groups excluding carboxylic acids is 1. The largest absolute Gasteiger partial charge is 0.497 e. The number of methoxy groups -OCH3 is 1. The van der Waals surface area contributed by atoms with Crippen molar-refractivity contribution in [3.8, 4) is 16.9 Å². The Labute approximate surface area is 173 Å². The molecule has 1 aliphatic rings. The third-order valence-electron chi connectivity index (χ3n) is 5.42. The fourth-order valence-electron chi connectivity index (χ4n) is 3.87. The Balaban J connectivity index is 1.85. The summed E-state index contributed by atoms with van der Waals surface area (Å²) in [6, 6.07) is 12.0. The van der Waals surface area contributed by atoms with Crippen LogP contribution in [0.4, 0.5) is 5.88 Å². The van der Waals surface area contributed by atoms with E-state index in [1.165, 1.54) is 0 Å². The second-order valence-corrected chi connectivity index (χ2v) is 7.77. The summed E-state index contributed by atoms with van der Waals surface area (Å²) in [5.74, 6) is 0.602. The highest BCUT2D eigenvalue weighted by Crippen LogP contribution is 2.33. The van der Waals surface area contributed by atoms with E-state index in [0.29, 0.717) is 32.9 Å². The maximum absolute atomic E-state index is 13.3. The molecule has 1 heterocycles. The van der Waals surface area contributed by atoms with E-state index < -0.39 is 0 Å². The van der Waals surface area contributed by atoms with Crippen molar-refractivity contribution in [3.05, 3.63) is 57.7 Å². The number of nitrogens with one attached hydrogen (secondary N) is 1. The van der Waals surface area contributed by atoms with Gasteiger partial charge in [-0.25, -0.2) is 0 Å². The van der Waals surface area contributed by atoms with Crippen molar-refractivity contribution >= 4 is 34.4 Å². The van der Waals surface area contributed by atoms with Gasteiger partial charge in [0.15, 0.2) is 0 Å². The molecular weight excluding hydrogens is 390 g/mol. The molecule has 150 valence electrons. The second kappa shape index (κ2) is 8.29. The van der Waals surface area contributed by atoms with E-state index in [9.17, 15) is 9.59 Å². The molecule has 0 unspecified atom stereocenters. The van der Waals surface area contributed by atoms with Gasteiger partial charge in [0, 0.05) is 10.9 Å². The summed E-state index contributed by atoms with van der Waals surface area (Å²) < 4.78 is 11.3. The fraction of sp³-hybridized carbons (Fsp3) is 0.304. The number of halogens is 1. The summed E-state index contributed by atoms with van der Waals surface area (Å²) in [6.45, 7) is 0. The van der Waals surface area contributed by atoms with Gasteiger partial charge in [0.25, 0.3) is 0 Å². The summed E-state index contributed by atoms with van der Waals surface area (Å²) in [6.07, 6.45) is 4.95.